The van der Waals surface area contributed by atoms with Crippen molar-refractivity contribution in [3.63, 3.8) is 0 Å². The van der Waals surface area contributed by atoms with Gasteiger partial charge in [-0.3, -0.25) is 9.89 Å². The van der Waals surface area contributed by atoms with Gasteiger partial charge in [-0.15, -0.1) is 5.73 Å². The Bertz CT molecular complexity index is 982. The summed E-state index contributed by atoms with van der Waals surface area (Å²) < 4.78 is 6.25. The molecule has 0 N–H and O–H groups in total. The van der Waals surface area contributed by atoms with Crippen LogP contribution in [0.15, 0.2) is 82.2 Å². The Labute approximate surface area is 172 Å². The smallest absolute Gasteiger partial charge is 0.168 e. The van der Waals surface area contributed by atoms with Crippen LogP contribution in [0.25, 0.3) is 11.3 Å². The molecular formula is C22H19BrN2OS. The molecule has 27 heavy (non-hydrogen) atoms. The summed E-state index contributed by atoms with van der Waals surface area (Å²) in [6, 6.07) is 16.1. The van der Waals surface area contributed by atoms with Crippen molar-refractivity contribution in [2.75, 3.05) is 19.9 Å². The molecule has 3 rings (SSSR count). The number of hydrogen-bond donors (Lipinski definition) is 0. The van der Waals surface area contributed by atoms with Crippen LogP contribution in [0, 0.1) is 0 Å². The number of thioether (sulfide) groups is 1. The van der Waals surface area contributed by atoms with Gasteiger partial charge < -0.3 is 4.74 Å². The van der Waals surface area contributed by atoms with E-state index >= 15 is 0 Å². The average Bonchev–Trinajstić information content (AvgIpc) is 2.91. The fourth-order valence-electron chi connectivity index (χ4n) is 2.70. The van der Waals surface area contributed by atoms with E-state index in [2.05, 4.69) is 39.0 Å². The van der Waals surface area contributed by atoms with E-state index in [1.807, 2.05) is 59.6 Å². The van der Waals surface area contributed by atoms with Crippen LogP contribution in [0.1, 0.15) is 11.1 Å². The van der Waals surface area contributed by atoms with Crippen molar-refractivity contribution in [1.82, 2.24) is 4.90 Å². The summed E-state index contributed by atoms with van der Waals surface area (Å²) in [5.41, 5.74) is 10.5. The fraction of sp³-hybridized carbons (Fsp3) is 0.136. The predicted octanol–water partition coefficient (Wildman–Crippen LogP) is 5.81. The molecule has 3 nitrogen and oxygen atoms in total. The summed E-state index contributed by atoms with van der Waals surface area (Å²) in [5.74, 6) is 1.61. The van der Waals surface area contributed by atoms with Crippen LogP contribution in [0.5, 0.6) is 5.75 Å². The molecule has 0 amide bonds. The van der Waals surface area contributed by atoms with Crippen LogP contribution in [0.4, 0.5) is 0 Å². The second kappa shape index (κ2) is 8.98. The molecule has 2 aromatic rings. The lowest BCUT2D eigenvalue weighted by Crippen LogP contribution is -2.21. The standard InChI is InChI=1S/C22H19BrN2OS/c1-4-21(17-6-5-7-19(23)14-17)25-13-12-18(15-27-22(25)24-2)16-8-10-20(26-3)11-9-16/h5-11,13-14H,1,15H2,2-3H3. The maximum Gasteiger partial charge on any atom is 0.168 e. The topological polar surface area (TPSA) is 24.8 Å². The Hall–Kier alpha value is -2.42. The molecule has 0 radical (unpaired) electrons. The lowest BCUT2D eigenvalue weighted by molar-refractivity contribution is 0.415. The lowest BCUT2D eigenvalue weighted by Gasteiger charge is -2.21. The molecule has 0 saturated carbocycles. The van der Waals surface area contributed by atoms with E-state index < -0.39 is 0 Å². The van der Waals surface area contributed by atoms with E-state index in [0.717, 1.165) is 43.5 Å². The molecule has 0 fully saturated rings. The quantitative estimate of drug-likeness (QED) is 0.562. The summed E-state index contributed by atoms with van der Waals surface area (Å²) in [7, 11) is 3.46. The van der Waals surface area contributed by atoms with E-state index in [9.17, 15) is 0 Å². The second-order valence-electron chi connectivity index (χ2n) is 5.68. The van der Waals surface area contributed by atoms with Crippen molar-refractivity contribution >= 4 is 44.1 Å². The Morgan fingerprint density at radius 1 is 1.30 bits per heavy atom. The van der Waals surface area contributed by atoms with E-state index in [1.165, 1.54) is 0 Å². The highest BCUT2D eigenvalue weighted by atomic mass is 79.9. The minimum absolute atomic E-state index is 0.773. The molecule has 0 aromatic heterocycles. The number of rotatable bonds is 4. The van der Waals surface area contributed by atoms with E-state index in [1.54, 1.807) is 25.9 Å². The Kier molecular flexibility index (Phi) is 6.44. The maximum atomic E-state index is 5.24. The number of amidine groups is 1. The zero-order valence-electron chi connectivity index (χ0n) is 15.2. The van der Waals surface area contributed by atoms with Gasteiger partial charge in [0.15, 0.2) is 5.17 Å². The number of ether oxygens (including phenoxy) is 1. The average molecular weight is 439 g/mol. The SMILES string of the molecule is C=C=C(c1cccc(Br)c1)N1C=C=C(c2ccc(OC)cc2)CSC1=NC. The zero-order valence-corrected chi connectivity index (χ0v) is 17.6. The molecule has 0 saturated heterocycles. The van der Waals surface area contributed by atoms with Crippen molar-refractivity contribution in [3.8, 4) is 5.75 Å². The molecule has 136 valence electrons. The molecule has 0 bridgehead atoms. The Morgan fingerprint density at radius 3 is 2.70 bits per heavy atom. The van der Waals surface area contributed by atoms with Gasteiger partial charge in [0.05, 0.1) is 19.0 Å². The van der Waals surface area contributed by atoms with Gasteiger partial charge in [-0.1, -0.05) is 64.3 Å². The summed E-state index contributed by atoms with van der Waals surface area (Å²) in [6.07, 6.45) is 1.91. The summed E-state index contributed by atoms with van der Waals surface area (Å²) in [5, 5.41) is 0.872. The van der Waals surface area contributed by atoms with Crippen molar-refractivity contribution in [2.24, 2.45) is 4.99 Å². The van der Waals surface area contributed by atoms with Gasteiger partial charge in [-0.05, 0) is 29.8 Å². The molecule has 0 unspecified atom stereocenters. The number of nitrogens with zero attached hydrogens (tertiary/aromatic N) is 2. The number of methoxy groups -OCH3 is 1. The number of benzene rings is 2. The third kappa shape index (κ3) is 4.47. The van der Waals surface area contributed by atoms with Crippen molar-refractivity contribution in [1.29, 1.82) is 0 Å². The first-order valence-electron chi connectivity index (χ1n) is 8.31. The maximum absolute atomic E-state index is 5.24. The van der Waals surface area contributed by atoms with Crippen LogP contribution < -0.4 is 4.74 Å². The minimum atomic E-state index is 0.773. The van der Waals surface area contributed by atoms with Crippen LogP contribution in [0.2, 0.25) is 0 Å². The van der Waals surface area contributed by atoms with Gasteiger partial charge >= 0.3 is 0 Å². The molecule has 2 aromatic carbocycles. The molecule has 1 aliphatic heterocycles. The summed E-state index contributed by atoms with van der Waals surface area (Å²) in [6.45, 7) is 3.89. The van der Waals surface area contributed by atoms with Crippen LogP contribution >= 0.6 is 27.7 Å². The predicted molar refractivity (Wildman–Crippen MR) is 119 cm³/mol. The van der Waals surface area contributed by atoms with Gasteiger partial charge in [0.1, 0.15) is 5.75 Å². The molecule has 0 aliphatic carbocycles. The second-order valence-corrected chi connectivity index (χ2v) is 7.54. The van der Waals surface area contributed by atoms with Crippen LogP contribution in [0.3, 0.4) is 0 Å². The number of aliphatic imine (C=N–C) groups is 1. The third-order valence-electron chi connectivity index (χ3n) is 4.06. The summed E-state index contributed by atoms with van der Waals surface area (Å²) >= 11 is 5.19. The first-order chi connectivity index (χ1) is 13.2. The largest absolute Gasteiger partial charge is 0.497 e. The van der Waals surface area contributed by atoms with E-state index in [0.29, 0.717) is 0 Å². The molecule has 5 heteroatoms. The van der Waals surface area contributed by atoms with E-state index in [-0.39, 0.29) is 0 Å². The minimum Gasteiger partial charge on any atom is -0.497 e. The summed E-state index contributed by atoms with van der Waals surface area (Å²) in [4.78, 5) is 6.44. The zero-order chi connectivity index (χ0) is 19.2. The lowest BCUT2D eigenvalue weighted by atomic mass is 10.1. The number of halogens is 1. The Morgan fingerprint density at radius 2 is 2.07 bits per heavy atom. The fourth-order valence-corrected chi connectivity index (χ4v) is 4.03. The van der Waals surface area contributed by atoms with Crippen molar-refractivity contribution < 1.29 is 4.74 Å². The van der Waals surface area contributed by atoms with Crippen LogP contribution in [-0.4, -0.2) is 30.0 Å². The third-order valence-corrected chi connectivity index (χ3v) is 5.62. The normalized spacial score (nSPS) is 15.1. The molecule has 1 aliphatic rings. The van der Waals surface area contributed by atoms with E-state index in [4.69, 9.17) is 4.74 Å². The highest BCUT2D eigenvalue weighted by Gasteiger charge is 2.19. The van der Waals surface area contributed by atoms with Gasteiger partial charge in [-0.25, -0.2) is 0 Å². The van der Waals surface area contributed by atoms with Crippen LogP contribution in [-0.2, 0) is 0 Å². The van der Waals surface area contributed by atoms with Gasteiger partial charge in [0, 0.05) is 28.4 Å². The molecule has 0 atom stereocenters. The first-order valence-corrected chi connectivity index (χ1v) is 10.1. The monoisotopic (exact) mass is 438 g/mol. The van der Waals surface area contributed by atoms with Crippen molar-refractivity contribution in [3.05, 3.63) is 88.4 Å². The van der Waals surface area contributed by atoms with Crippen molar-refractivity contribution in [2.45, 2.75) is 0 Å². The molecular weight excluding hydrogens is 420 g/mol. The Balaban J connectivity index is 2.01. The van der Waals surface area contributed by atoms with Gasteiger partial charge in [0.25, 0.3) is 0 Å². The van der Waals surface area contributed by atoms with Gasteiger partial charge in [-0.2, -0.15) is 0 Å². The highest BCUT2D eigenvalue weighted by molar-refractivity contribution is 9.10. The number of hydrogen-bond acceptors (Lipinski definition) is 3. The van der Waals surface area contributed by atoms with Gasteiger partial charge in [0.2, 0.25) is 0 Å². The molecule has 0 spiro atoms. The first kappa shape index (κ1) is 19.3. The highest BCUT2D eigenvalue weighted by Crippen LogP contribution is 2.30. The molecule has 1 heterocycles.